The summed E-state index contributed by atoms with van der Waals surface area (Å²) in [7, 11) is 1.60. The van der Waals surface area contributed by atoms with Gasteiger partial charge in [-0.2, -0.15) is 0 Å². The topological polar surface area (TPSA) is 81.9 Å². The van der Waals surface area contributed by atoms with E-state index in [-0.39, 0.29) is 11.6 Å². The van der Waals surface area contributed by atoms with Crippen molar-refractivity contribution in [2.24, 2.45) is 0 Å². The Hall–Kier alpha value is -3.22. The van der Waals surface area contributed by atoms with Gasteiger partial charge in [-0.15, -0.1) is 5.10 Å². The molecule has 24 heavy (non-hydrogen) atoms. The molecule has 0 fully saturated rings. The van der Waals surface area contributed by atoms with E-state index < -0.39 is 0 Å². The lowest BCUT2D eigenvalue weighted by molar-refractivity contribution is 0.102. The summed E-state index contributed by atoms with van der Waals surface area (Å²) in [5, 5.41) is 10.8. The molecule has 7 nitrogen and oxygen atoms in total. The molecule has 0 saturated heterocycles. The van der Waals surface area contributed by atoms with Gasteiger partial charge in [-0.3, -0.25) is 4.79 Å². The van der Waals surface area contributed by atoms with E-state index in [1.165, 1.54) is 0 Å². The van der Waals surface area contributed by atoms with Gasteiger partial charge >= 0.3 is 0 Å². The molecule has 122 valence electrons. The minimum absolute atomic E-state index is 0.251. The number of pyridine rings is 1. The predicted octanol–water partition coefficient (Wildman–Crippen LogP) is 2.54. The molecule has 2 aromatic heterocycles. The number of hydrogen-bond donors (Lipinski definition) is 1. The minimum Gasteiger partial charge on any atom is -0.497 e. The summed E-state index contributed by atoms with van der Waals surface area (Å²) < 4.78 is 6.81. The molecule has 3 aromatic rings. The first-order valence-electron chi connectivity index (χ1n) is 7.40. The first-order valence-corrected chi connectivity index (χ1v) is 7.40. The number of rotatable bonds is 4. The molecule has 1 N–H and O–H groups in total. The summed E-state index contributed by atoms with van der Waals surface area (Å²) in [4.78, 5) is 16.7. The van der Waals surface area contributed by atoms with Crippen LogP contribution in [-0.2, 0) is 0 Å². The van der Waals surface area contributed by atoms with E-state index in [2.05, 4.69) is 20.6 Å². The molecule has 1 amide bonds. The van der Waals surface area contributed by atoms with Crippen LogP contribution in [0.3, 0.4) is 0 Å². The number of amides is 1. The predicted molar refractivity (Wildman–Crippen MR) is 89.6 cm³/mol. The van der Waals surface area contributed by atoms with Gasteiger partial charge < -0.3 is 10.1 Å². The average Bonchev–Trinajstić information content (AvgIpc) is 2.96. The van der Waals surface area contributed by atoms with E-state index in [1.54, 1.807) is 24.8 Å². The number of aromatic nitrogens is 4. The summed E-state index contributed by atoms with van der Waals surface area (Å²) >= 11 is 0. The molecule has 0 atom stereocenters. The highest BCUT2D eigenvalue weighted by molar-refractivity contribution is 6.03. The van der Waals surface area contributed by atoms with Crippen LogP contribution in [0, 0.1) is 13.8 Å². The van der Waals surface area contributed by atoms with E-state index in [1.807, 2.05) is 43.3 Å². The van der Waals surface area contributed by atoms with Crippen molar-refractivity contribution in [3.63, 3.8) is 0 Å². The molecular weight excluding hydrogens is 306 g/mol. The van der Waals surface area contributed by atoms with Crippen molar-refractivity contribution in [3.8, 4) is 11.4 Å². The molecule has 0 unspecified atom stereocenters. The van der Waals surface area contributed by atoms with Crippen LogP contribution in [0.1, 0.15) is 21.9 Å². The third-order valence-electron chi connectivity index (χ3n) is 3.54. The number of benzene rings is 1. The zero-order valence-electron chi connectivity index (χ0n) is 13.6. The highest BCUT2D eigenvalue weighted by atomic mass is 16.5. The largest absolute Gasteiger partial charge is 0.497 e. The number of anilines is 1. The first kappa shape index (κ1) is 15.7. The Kier molecular flexibility index (Phi) is 4.24. The molecule has 0 spiro atoms. The Bertz CT molecular complexity index is 888. The van der Waals surface area contributed by atoms with Crippen molar-refractivity contribution in [3.05, 3.63) is 59.5 Å². The number of hydrogen-bond acceptors (Lipinski definition) is 5. The Morgan fingerprint density at radius 3 is 2.71 bits per heavy atom. The second-order valence-corrected chi connectivity index (χ2v) is 5.26. The van der Waals surface area contributed by atoms with E-state index in [0.29, 0.717) is 17.3 Å². The lowest BCUT2D eigenvalue weighted by Gasteiger charge is -2.06. The van der Waals surface area contributed by atoms with Gasteiger partial charge in [0, 0.05) is 11.8 Å². The highest BCUT2D eigenvalue weighted by Crippen LogP contribution is 2.18. The summed E-state index contributed by atoms with van der Waals surface area (Å²) in [6.07, 6.45) is 0. The minimum atomic E-state index is -0.347. The van der Waals surface area contributed by atoms with Crippen LogP contribution >= 0.6 is 0 Å². The Morgan fingerprint density at radius 2 is 1.96 bits per heavy atom. The van der Waals surface area contributed by atoms with Crippen LogP contribution in [0.15, 0.2) is 42.5 Å². The maximum atomic E-state index is 12.4. The summed E-state index contributed by atoms with van der Waals surface area (Å²) in [6.45, 7) is 3.65. The standard InChI is InChI=1S/C17H17N5O2/c1-11-6-4-9-15(18-11)19-17(23)16-12(2)22(21-20-16)13-7-5-8-14(10-13)24-3/h4-10H,1-3H3,(H,18,19,23). The number of ether oxygens (including phenoxy) is 1. The van der Waals surface area contributed by atoms with Gasteiger partial charge in [0.05, 0.1) is 18.5 Å². The second-order valence-electron chi connectivity index (χ2n) is 5.26. The molecule has 7 heteroatoms. The zero-order valence-corrected chi connectivity index (χ0v) is 13.6. The molecule has 2 heterocycles. The van der Waals surface area contributed by atoms with Gasteiger partial charge in [-0.05, 0) is 38.1 Å². The SMILES string of the molecule is COc1cccc(-n2nnc(C(=O)Nc3cccc(C)n3)c2C)c1. The van der Waals surface area contributed by atoms with Gasteiger partial charge in [0.25, 0.3) is 5.91 Å². The van der Waals surface area contributed by atoms with Crippen LogP contribution < -0.4 is 10.1 Å². The van der Waals surface area contributed by atoms with Gasteiger partial charge in [-0.25, -0.2) is 9.67 Å². The molecule has 0 saturated carbocycles. The van der Waals surface area contributed by atoms with E-state index >= 15 is 0 Å². The van der Waals surface area contributed by atoms with Gasteiger partial charge in [0.1, 0.15) is 11.6 Å². The number of nitrogens with zero attached hydrogens (tertiary/aromatic N) is 4. The van der Waals surface area contributed by atoms with Crippen molar-refractivity contribution in [1.82, 2.24) is 20.0 Å². The lowest BCUT2D eigenvalue weighted by Crippen LogP contribution is -2.15. The molecular formula is C17H17N5O2. The Balaban J connectivity index is 1.87. The smallest absolute Gasteiger partial charge is 0.279 e. The zero-order chi connectivity index (χ0) is 17.1. The maximum Gasteiger partial charge on any atom is 0.279 e. The normalized spacial score (nSPS) is 10.5. The fourth-order valence-electron chi connectivity index (χ4n) is 2.31. The molecule has 0 aliphatic carbocycles. The number of carbonyl (C=O) groups is 1. The van der Waals surface area contributed by atoms with Crippen LogP contribution in [-0.4, -0.2) is 33.0 Å². The lowest BCUT2D eigenvalue weighted by atomic mass is 10.2. The van der Waals surface area contributed by atoms with Crippen LogP contribution in [0.4, 0.5) is 5.82 Å². The number of nitrogens with one attached hydrogen (secondary N) is 1. The molecule has 0 radical (unpaired) electrons. The average molecular weight is 323 g/mol. The summed E-state index contributed by atoms with van der Waals surface area (Å²) in [5.41, 5.74) is 2.48. The molecule has 1 aromatic carbocycles. The monoisotopic (exact) mass is 323 g/mol. The molecule has 0 aliphatic heterocycles. The Morgan fingerprint density at radius 1 is 1.17 bits per heavy atom. The van der Waals surface area contributed by atoms with Crippen molar-refractivity contribution in [1.29, 1.82) is 0 Å². The van der Waals surface area contributed by atoms with Crippen LogP contribution in [0.25, 0.3) is 5.69 Å². The summed E-state index contributed by atoms with van der Waals surface area (Å²) in [6, 6.07) is 12.8. The fraction of sp³-hybridized carbons (Fsp3) is 0.176. The first-order chi connectivity index (χ1) is 11.6. The molecule has 3 rings (SSSR count). The number of carbonyl (C=O) groups excluding carboxylic acids is 1. The van der Waals surface area contributed by atoms with Crippen molar-refractivity contribution in [2.75, 3.05) is 12.4 Å². The van der Waals surface area contributed by atoms with E-state index in [0.717, 1.165) is 11.4 Å². The number of methoxy groups -OCH3 is 1. The van der Waals surface area contributed by atoms with E-state index in [9.17, 15) is 4.79 Å². The van der Waals surface area contributed by atoms with Crippen LogP contribution in [0.5, 0.6) is 5.75 Å². The quantitative estimate of drug-likeness (QED) is 0.798. The Labute approximate surface area is 139 Å². The molecule has 0 aliphatic rings. The highest BCUT2D eigenvalue weighted by Gasteiger charge is 2.18. The third kappa shape index (κ3) is 3.10. The number of aryl methyl sites for hydroxylation is 1. The molecule has 0 bridgehead atoms. The van der Waals surface area contributed by atoms with Gasteiger partial charge in [0.2, 0.25) is 0 Å². The third-order valence-corrected chi connectivity index (χ3v) is 3.54. The summed E-state index contributed by atoms with van der Waals surface area (Å²) in [5.74, 6) is 0.840. The van der Waals surface area contributed by atoms with Crippen molar-refractivity contribution < 1.29 is 9.53 Å². The fourth-order valence-corrected chi connectivity index (χ4v) is 2.31. The van der Waals surface area contributed by atoms with Crippen molar-refractivity contribution >= 4 is 11.7 Å². The van der Waals surface area contributed by atoms with Gasteiger partial charge in [0.15, 0.2) is 5.69 Å². The second kappa shape index (κ2) is 6.49. The van der Waals surface area contributed by atoms with Crippen molar-refractivity contribution in [2.45, 2.75) is 13.8 Å². The van der Waals surface area contributed by atoms with Crippen LogP contribution in [0.2, 0.25) is 0 Å². The van der Waals surface area contributed by atoms with E-state index in [4.69, 9.17) is 4.74 Å². The maximum absolute atomic E-state index is 12.4. The van der Waals surface area contributed by atoms with Gasteiger partial charge in [-0.1, -0.05) is 17.3 Å².